The van der Waals surface area contributed by atoms with Crippen LogP contribution in [0.15, 0.2) is 11.2 Å². The number of carbonyl (C=O) groups is 5. The van der Waals surface area contributed by atoms with E-state index in [4.69, 9.17) is 11.5 Å². The van der Waals surface area contributed by atoms with Crippen LogP contribution in [0.25, 0.3) is 0 Å². The fourth-order valence-corrected chi connectivity index (χ4v) is 6.27. The first-order valence-corrected chi connectivity index (χ1v) is 12.2. The van der Waals surface area contributed by atoms with Gasteiger partial charge in [0.25, 0.3) is 0 Å². The van der Waals surface area contributed by atoms with E-state index in [-0.39, 0.29) is 35.4 Å². The van der Waals surface area contributed by atoms with E-state index in [0.29, 0.717) is 0 Å². The number of alkyl halides is 3. The fraction of sp³-hybridized carbons (Fsp3) is 0.520. The van der Waals surface area contributed by atoms with Gasteiger partial charge in [-0.25, -0.2) is 0 Å². The number of phenols is 1. The maximum atomic E-state index is 13.8. The molecule has 1 aromatic carbocycles. The van der Waals surface area contributed by atoms with E-state index in [1.165, 1.54) is 32.0 Å². The molecule has 3 aliphatic rings. The quantitative estimate of drug-likeness (QED) is 0.121. The Morgan fingerprint density at radius 2 is 1.85 bits per heavy atom. The van der Waals surface area contributed by atoms with Crippen LogP contribution in [-0.4, -0.2) is 88.4 Å². The summed E-state index contributed by atoms with van der Waals surface area (Å²) in [5, 5.41) is 25.7. The predicted octanol–water partition coefficient (Wildman–Crippen LogP) is -0.248. The van der Waals surface area contributed by atoms with E-state index in [0.717, 1.165) is 0 Å². The molecular formula is C25H27F3N4O8. The highest BCUT2D eigenvalue weighted by Crippen LogP contribution is 2.51. The average molecular weight is 569 g/mol. The number of primary amides is 1. The van der Waals surface area contributed by atoms with Gasteiger partial charge in [-0.2, -0.15) is 13.2 Å². The number of anilines is 1. The third-order valence-corrected chi connectivity index (χ3v) is 7.91. The van der Waals surface area contributed by atoms with Crippen molar-refractivity contribution >= 4 is 40.4 Å². The number of amides is 1. The molecule has 15 heteroatoms. The van der Waals surface area contributed by atoms with Gasteiger partial charge in [-0.15, -0.1) is 0 Å². The van der Waals surface area contributed by atoms with Crippen LogP contribution >= 0.6 is 0 Å². The molecule has 2 unspecified atom stereocenters. The lowest BCUT2D eigenvalue weighted by molar-refractivity contribution is -0.181. The minimum absolute atomic E-state index is 0.0845. The zero-order valence-electron chi connectivity index (χ0n) is 21.6. The number of aromatic hydroxyl groups is 1. The largest absolute Gasteiger partial charge is 0.505 e. The molecule has 0 aromatic heterocycles. The predicted molar refractivity (Wildman–Crippen MR) is 130 cm³/mol. The lowest BCUT2D eigenvalue weighted by Gasteiger charge is -2.52. The van der Waals surface area contributed by atoms with Crippen LogP contribution in [0.1, 0.15) is 34.8 Å². The molecule has 216 valence electrons. The first kappa shape index (κ1) is 29.1. The maximum Gasteiger partial charge on any atom is 0.425 e. The Labute approximate surface area is 225 Å². The van der Waals surface area contributed by atoms with E-state index in [9.17, 15) is 47.4 Å². The third-order valence-electron chi connectivity index (χ3n) is 7.91. The first-order valence-electron chi connectivity index (χ1n) is 12.2. The molecule has 4 rings (SSSR count). The number of ketones is 4. The highest BCUT2D eigenvalue weighted by atomic mass is 19.4. The van der Waals surface area contributed by atoms with Crippen molar-refractivity contribution in [3.05, 3.63) is 22.8 Å². The van der Waals surface area contributed by atoms with Crippen molar-refractivity contribution in [3.8, 4) is 5.75 Å². The standard InChI is InChI=1S/C25H27F3N4O8/c1-8(31-40-7-24(26,27)28)10-6-13(29)18(33)15-11(10)4-9-5-12-17(32(2)3)20(35)16(23(30)38)22(37)25(12,39)21(36)14(9)19(15)34/h6,9,12,14,16-17,33,39H,4-5,7,29H2,1-3H3,(H2,30,38)/t9-,12-,14?,16?,17-,25-/m0/s1. The number of phenolic OH excluding ortho intramolecular Hbond substituents is 1. The van der Waals surface area contributed by atoms with E-state index in [2.05, 4.69) is 9.99 Å². The molecule has 0 bridgehead atoms. The smallest absolute Gasteiger partial charge is 0.425 e. The molecule has 0 radical (unpaired) electrons. The summed E-state index contributed by atoms with van der Waals surface area (Å²) in [4.78, 5) is 71.7. The second-order valence-electron chi connectivity index (χ2n) is 10.6. The van der Waals surface area contributed by atoms with Gasteiger partial charge in [0.15, 0.2) is 34.7 Å². The summed E-state index contributed by atoms with van der Waals surface area (Å²) in [6.45, 7) is -0.382. The number of nitrogens with zero attached hydrogens (tertiary/aromatic N) is 2. The summed E-state index contributed by atoms with van der Waals surface area (Å²) >= 11 is 0. The van der Waals surface area contributed by atoms with Crippen LogP contribution in [0.3, 0.4) is 0 Å². The van der Waals surface area contributed by atoms with Gasteiger partial charge in [-0.1, -0.05) is 5.16 Å². The second-order valence-corrected chi connectivity index (χ2v) is 10.6. The number of nitrogen functional groups attached to an aromatic ring is 1. The summed E-state index contributed by atoms with van der Waals surface area (Å²) in [7, 11) is 2.91. The molecule has 6 atom stereocenters. The number of fused-ring (bicyclic) bond motifs is 3. The summed E-state index contributed by atoms with van der Waals surface area (Å²) in [6.07, 6.45) is -4.98. The Morgan fingerprint density at radius 3 is 2.40 bits per heavy atom. The zero-order chi connectivity index (χ0) is 30.1. The molecule has 1 amide bonds. The number of Topliss-reactive ketones (excluding diaryl/α,β-unsaturated/α-hetero) is 4. The monoisotopic (exact) mass is 568 g/mol. The van der Waals surface area contributed by atoms with E-state index in [1.807, 2.05) is 0 Å². The first-order chi connectivity index (χ1) is 18.4. The summed E-state index contributed by atoms with van der Waals surface area (Å²) in [5.74, 6) is -12.5. The molecule has 6 N–H and O–H groups in total. The lowest BCUT2D eigenvalue weighted by Crippen LogP contribution is -2.74. The minimum atomic E-state index is -4.66. The molecule has 0 saturated heterocycles. The van der Waals surface area contributed by atoms with Gasteiger partial charge in [-0.05, 0) is 51.4 Å². The van der Waals surface area contributed by atoms with Crippen LogP contribution in [0.2, 0.25) is 0 Å². The van der Waals surface area contributed by atoms with Gasteiger partial charge >= 0.3 is 6.18 Å². The molecule has 40 heavy (non-hydrogen) atoms. The van der Waals surface area contributed by atoms with Gasteiger partial charge < -0.3 is 26.5 Å². The number of benzene rings is 1. The van der Waals surface area contributed by atoms with Crippen LogP contribution in [0.4, 0.5) is 18.9 Å². The molecule has 12 nitrogen and oxygen atoms in total. The van der Waals surface area contributed by atoms with E-state index in [1.54, 1.807) is 0 Å². The fourth-order valence-electron chi connectivity index (χ4n) is 6.27. The van der Waals surface area contributed by atoms with Crippen LogP contribution in [-0.2, 0) is 30.4 Å². The van der Waals surface area contributed by atoms with E-state index < -0.39 is 88.5 Å². The number of hydrogen-bond acceptors (Lipinski definition) is 11. The summed E-state index contributed by atoms with van der Waals surface area (Å²) < 4.78 is 37.6. The van der Waals surface area contributed by atoms with Crippen molar-refractivity contribution in [3.63, 3.8) is 0 Å². The van der Waals surface area contributed by atoms with Crippen LogP contribution in [0.5, 0.6) is 5.75 Å². The maximum absolute atomic E-state index is 13.8. The van der Waals surface area contributed by atoms with Crippen molar-refractivity contribution in [2.45, 2.75) is 37.6 Å². The zero-order valence-corrected chi connectivity index (χ0v) is 21.6. The van der Waals surface area contributed by atoms with Gasteiger partial charge in [0.1, 0.15) is 5.75 Å². The Morgan fingerprint density at radius 1 is 1.23 bits per heavy atom. The second kappa shape index (κ2) is 9.66. The highest BCUT2D eigenvalue weighted by molar-refractivity contribution is 6.32. The van der Waals surface area contributed by atoms with Crippen molar-refractivity contribution in [2.24, 2.45) is 34.6 Å². The molecule has 0 aliphatic heterocycles. The number of halogens is 3. The van der Waals surface area contributed by atoms with Crippen molar-refractivity contribution < 1.29 is 52.2 Å². The summed E-state index contributed by atoms with van der Waals surface area (Å²) in [6, 6.07) is -0.0771. The number of aliphatic hydroxyl groups is 1. The lowest BCUT2D eigenvalue weighted by atomic mass is 9.52. The molecule has 2 saturated carbocycles. The third kappa shape index (κ3) is 4.33. The number of likely N-dealkylation sites (N-methyl/N-ethyl adjacent to an activating group) is 1. The Bertz CT molecular complexity index is 1370. The number of rotatable bonds is 5. The van der Waals surface area contributed by atoms with E-state index >= 15 is 0 Å². The SMILES string of the molecule is CC(=NOCC(F)(F)F)c1cc(N)c(O)c2c1C[C@H]1C[C@H]3[C@H](N(C)C)C(=O)C(C(N)=O)C(=O)[C@@]3(O)C(=O)C1C2=O. The van der Waals surface area contributed by atoms with Gasteiger partial charge in [0.2, 0.25) is 12.5 Å². The molecule has 0 spiro atoms. The van der Waals surface area contributed by atoms with Gasteiger partial charge in [-0.3, -0.25) is 28.9 Å². The topological polar surface area (TPSA) is 203 Å². The Balaban J connectivity index is 1.84. The molecule has 2 fully saturated rings. The van der Waals surface area contributed by atoms with Crippen molar-refractivity contribution in [1.29, 1.82) is 0 Å². The van der Waals surface area contributed by atoms with Crippen molar-refractivity contribution in [2.75, 3.05) is 26.4 Å². The summed E-state index contributed by atoms with van der Waals surface area (Å²) in [5.41, 5.74) is 7.60. The normalized spacial score (nSPS) is 30.6. The van der Waals surface area contributed by atoms with Crippen LogP contribution < -0.4 is 11.5 Å². The van der Waals surface area contributed by atoms with Gasteiger partial charge in [0, 0.05) is 11.5 Å². The van der Waals surface area contributed by atoms with Crippen LogP contribution in [0, 0.1) is 23.7 Å². The Hall–Kier alpha value is -3.85. The average Bonchev–Trinajstić information content (AvgIpc) is 2.82. The number of oxime groups is 1. The number of carbonyl (C=O) groups excluding carboxylic acids is 5. The van der Waals surface area contributed by atoms with Crippen molar-refractivity contribution in [1.82, 2.24) is 4.90 Å². The minimum Gasteiger partial charge on any atom is -0.505 e. The molecular weight excluding hydrogens is 541 g/mol. The highest BCUT2D eigenvalue weighted by Gasteiger charge is 2.69. The van der Waals surface area contributed by atoms with Gasteiger partial charge in [0.05, 0.1) is 28.9 Å². The molecule has 3 aliphatic carbocycles. The molecule has 1 aromatic rings. The Kier molecular flexibility index (Phi) is 7.04. The number of hydrogen-bond donors (Lipinski definition) is 4. The number of nitrogens with two attached hydrogens (primary N) is 2. The molecule has 0 heterocycles.